The second-order valence-corrected chi connectivity index (χ2v) is 3.78. The first kappa shape index (κ1) is 13.5. The molecule has 104 valence electrons. The highest BCUT2D eigenvalue weighted by Crippen LogP contribution is 2.03. The van der Waals surface area contributed by atoms with E-state index < -0.39 is 0 Å². The van der Waals surface area contributed by atoms with Crippen molar-refractivity contribution in [1.29, 1.82) is 0 Å². The van der Waals surface area contributed by atoms with Gasteiger partial charge in [0.2, 0.25) is 11.9 Å². The predicted octanol–water partition coefficient (Wildman–Crippen LogP) is 0.269. The van der Waals surface area contributed by atoms with Crippen molar-refractivity contribution >= 4 is 23.8 Å². The Morgan fingerprint density at radius 1 is 1.50 bits per heavy atom. The van der Waals surface area contributed by atoms with Gasteiger partial charge in [0.15, 0.2) is 0 Å². The summed E-state index contributed by atoms with van der Waals surface area (Å²) in [6, 6.07) is 3.44. The molecule has 0 saturated carbocycles. The number of carbonyl (C=O) groups is 2. The summed E-state index contributed by atoms with van der Waals surface area (Å²) in [5.74, 6) is 0.103. The third kappa shape index (κ3) is 3.80. The van der Waals surface area contributed by atoms with Crippen LogP contribution in [0.15, 0.2) is 35.2 Å². The Morgan fingerprint density at radius 2 is 2.35 bits per heavy atom. The zero-order chi connectivity index (χ0) is 14.4. The minimum Gasteiger partial charge on any atom is -0.465 e. The van der Waals surface area contributed by atoms with Crippen LogP contribution in [-0.4, -0.2) is 33.6 Å². The largest absolute Gasteiger partial charge is 0.465 e. The molecule has 20 heavy (non-hydrogen) atoms. The van der Waals surface area contributed by atoms with E-state index >= 15 is 0 Å². The van der Waals surface area contributed by atoms with Gasteiger partial charge in [-0.1, -0.05) is 0 Å². The summed E-state index contributed by atoms with van der Waals surface area (Å²) in [7, 11) is 1.53. The van der Waals surface area contributed by atoms with Crippen molar-refractivity contribution in [1.82, 2.24) is 20.1 Å². The molecule has 0 aromatic carbocycles. The second-order valence-electron chi connectivity index (χ2n) is 3.78. The van der Waals surface area contributed by atoms with Crippen LogP contribution in [-0.2, 0) is 16.1 Å². The molecule has 0 fully saturated rings. The molecule has 8 heteroatoms. The van der Waals surface area contributed by atoms with Gasteiger partial charge >= 0.3 is 0 Å². The topological polar surface area (TPSA) is 102 Å². The fourth-order valence-electron chi connectivity index (χ4n) is 1.35. The van der Waals surface area contributed by atoms with E-state index in [4.69, 9.17) is 4.42 Å². The van der Waals surface area contributed by atoms with E-state index in [1.54, 1.807) is 12.1 Å². The summed E-state index contributed by atoms with van der Waals surface area (Å²) in [5.41, 5.74) is 0. The molecule has 2 heterocycles. The monoisotopic (exact) mass is 275 g/mol. The number of rotatable bonds is 5. The number of aromatic nitrogens is 3. The fraction of sp³-hybridized carbons (Fsp3) is 0.167. The number of nitrogens with one attached hydrogen (secondary N) is 2. The second kappa shape index (κ2) is 6.32. The van der Waals surface area contributed by atoms with E-state index in [-0.39, 0.29) is 24.3 Å². The quantitative estimate of drug-likeness (QED) is 0.762. The molecule has 0 radical (unpaired) electrons. The summed E-state index contributed by atoms with van der Waals surface area (Å²) in [6.07, 6.45) is 5.70. The van der Waals surface area contributed by atoms with Gasteiger partial charge in [0.05, 0.1) is 6.26 Å². The normalized spacial score (nSPS) is 10.7. The van der Waals surface area contributed by atoms with Crippen molar-refractivity contribution in [2.24, 2.45) is 0 Å². The van der Waals surface area contributed by atoms with Gasteiger partial charge < -0.3 is 9.73 Å². The van der Waals surface area contributed by atoms with Gasteiger partial charge in [0.25, 0.3) is 5.91 Å². The van der Waals surface area contributed by atoms with Crippen molar-refractivity contribution < 1.29 is 14.0 Å². The maximum Gasteiger partial charge on any atom is 0.250 e. The van der Waals surface area contributed by atoms with Gasteiger partial charge in [-0.2, -0.15) is 0 Å². The lowest BCUT2D eigenvalue weighted by Gasteiger charge is -1.98. The van der Waals surface area contributed by atoms with E-state index in [0.717, 1.165) is 0 Å². The first-order valence-electron chi connectivity index (χ1n) is 5.80. The third-order valence-electron chi connectivity index (χ3n) is 2.30. The summed E-state index contributed by atoms with van der Waals surface area (Å²) in [5, 5.41) is 8.88. The highest BCUT2D eigenvalue weighted by molar-refractivity contribution is 6.00. The molecule has 0 saturated heterocycles. The summed E-state index contributed by atoms with van der Waals surface area (Å²) >= 11 is 0. The van der Waals surface area contributed by atoms with Gasteiger partial charge in [-0.15, -0.1) is 5.10 Å². The number of nitrogens with zero attached hydrogens (tertiary/aromatic N) is 3. The Labute approximate surface area is 114 Å². The maximum absolute atomic E-state index is 11.6. The highest BCUT2D eigenvalue weighted by atomic mass is 16.3. The third-order valence-corrected chi connectivity index (χ3v) is 2.30. The van der Waals surface area contributed by atoms with Crippen LogP contribution in [0.1, 0.15) is 5.76 Å². The Kier molecular flexibility index (Phi) is 4.28. The van der Waals surface area contributed by atoms with E-state index in [1.165, 1.54) is 36.5 Å². The van der Waals surface area contributed by atoms with Crippen LogP contribution in [0.2, 0.25) is 0 Å². The molecular weight excluding hydrogens is 262 g/mol. The van der Waals surface area contributed by atoms with E-state index in [9.17, 15) is 9.59 Å². The smallest absolute Gasteiger partial charge is 0.250 e. The van der Waals surface area contributed by atoms with Crippen molar-refractivity contribution in [2.75, 3.05) is 12.4 Å². The maximum atomic E-state index is 11.6. The molecule has 8 nitrogen and oxygen atoms in total. The Bertz CT molecular complexity index is 615. The van der Waals surface area contributed by atoms with Crippen LogP contribution in [0, 0.1) is 0 Å². The number of carbonyl (C=O) groups excluding carboxylic acids is 2. The Hall–Kier alpha value is -2.90. The predicted molar refractivity (Wildman–Crippen MR) is 70.5 cm³/mol. The zero-order valence-electron chi connectivity index (χ0n) is 10.7. The number of anilines is 1. The van der Waals surface area contributed by atoms with E-state index in [2.05, 4.69) is 20.7 Å². The van der Waals surface area contributed by atoms with Crippen LogP contribution >= 0.6 is 0 Å². The van der Waals surface area contributed by atoms with Crippen molar-refractivity contribution in [3.05, 3.63) is 36.6 Å². The number of hydrogen-bond donors (Lipinski definition) is 2. The van der Waals surface area contributed by atoms with Crippen LogP contribution in [0.3, 0.4) is 0 Å². The average Bonchev–Trinajstić information content (AvgIpc) is 3.08. The van der Waals surface area contributed by atoms with Crippen LogP contribution in [0.25, 0.3) is 6.08 Å². The molecule has 0 aliphatic carbocycles. The molecule has 2 rings (SSSR count). The molecule has 0 aliphatic rings. The molecule has 0 unspecified atom stereocenters. The lowest BCUT2D eigenvalue weighted by molar-refractivity contribution is -0.121. The fourth-order valence-corrected chi connectivity index (χ4v) is 1.35. The average molecular weight is 275 g/mol. The molecule has 2 aromatic rings. The van der Waals surface area contributed by atoms with Crippen molar-refractivity contribution in [3.63, 3.8) is 0 Å². The SMILES string of the molecule is CNC(=O)Cn1cnc(NC(=O)/C=C\c2ccco2)n1. The van der Waals surface area contributed by atoms with Crippen LogP contribution in [0.5, 0.6) is 0 Å². The first-order valence-corrected chi connectivity index (χ1v) is 5.80. The van der Waals surface area contributed by atoms with Gasteiger partial charge in [-0.3, -0.25) is 14.9 Å². The molecule has 0 bridgehead atoms. The number of hydrogen-bond acceptors (Lipinski definition) is 5. The van der Waals surface area contributed by atoms with Crippen molar-refractivity contribution in [3.8, 4) is 0 Å². The number of furan rings is 1. The molecule has 0 atom stereocenters. The zero-order valence-corrected chi connectivity index (χ0v) is 10.7. The van der Waals surface area contributed by atoms with Gasteiger partial charge in [0, 0.05) is 13.1 Å². The lowest BCUT2D eigenvalue weighted by Crippen LogP contribution is -2.23. The molecule has 2 N–H and O–H groups in total. The summed E-state index contributed by atoms with van der Waals surface area (Å²) < 4.78 is 6.37. The van der Waals surface area contributed by atoms with Crippen molar-refractivity contribution in [2.45, 2.75) is 6.54 Å². The minimum absolute atomic E-state index is 0.0433. The lowest BCUT2D eigenvalue weighted by atomic mass is 10.4. The molecule has 2 amide bonds. The van der Waals surface area contributed by atoms with E-state index in [0.29, 0.717) is 5.76 Å². The Morgan fingerprint density at radius 3 is 3.05 bits per heavy atom. The summed E-state index contributed by atoms with van der Waals surface area (Å²) in [4.78, 5) is 26.6. The number of amides is 2. The minimum atomic E-state index is -0.390. The van der Waals surface area contributed by atoms with Crippen LogP contribution < -0.4 is 10.6 Å². The highest BCUT2D eigenvalue weighted by Gasteiger charge is 2.06. The van der Waals surface area contributed by atoms with Crippen LogP contribution in [0.4, 0.5) is 5.95 Å². The van der Waals surface area contributed by atoms with Gasteiger partial charge in [-0.05, 0) is 18.2 Å². The molecular formula is C12H13N5O3. The number of likely N-dealkylation sites (N-methyl/N-ethyl adjacent to an activating group) is 1. The molecule has 0 spiro atoms. The van der Waals surface area contributed by atoms with E-state index in [1.807, 2.05) is 0 Å². The summed E-state index contributed by atoms with van der Waals surface area (Å²) in [6.45, 7) is 0.0433. The standard InChI is InChI=1S/C12H13N5O3/c1-13-11(19)7-17-8-14-12(16-17)15-10(18)5-4-9-3-2-6-20-9/h2-6,8H,7H2,1H3,(H,13,19)(H,15,16,18)/b5-4-. The Balaban J connectivity index is 1.90. The first-order chi connectivity index (χ1) is 9.67. The van der Waals surface area contributed by atoms with Gasteiger partial charge in [-0.25, -0.2) is 9.67 Å². The van der Waals surface area contributed by atoms with Gasteiger partial charge in [0.1, 0.15) is 18.6 Å². The molecule has 2 aromatic heterocycles. The molecule has 0 aliphatic heterocycles.